The molecule has 1 unspecified atom stereocenters. The van der Waals surface area contributed by atoms with Gasteiger partial charge in [0.05, 0.1) is 0 Å². The molecule has 0 aromatic carbocycles. The van der Waals surface area contributed by atoms with Crippen LogP contribution in [0, 0.1) is 0 Å². The van der Waals surface area contributed by atoms with Crippen LogP contribution in [-0.2, 0) is 0 Å². The van der Waals surface area contributed by atoms with Gasteiger partial charge in [0, 0.05) is 58.4 Å². The fourth-order valence-electron chi connectivity index (χ4n) is 3.14. The molecule has 0 bridgehead atoms. The molecule has 2 aromatic heterocycles. The molecule has 1 amide bonds. The van der Waals surface area contributed by atoms with Gasteiger partial charge in [-0.1, -0.05) is 0 Å². The first-order valence-corrected chi connectivity index (χ1v) is 8.49. The number of anilines is 2. The molecule has 0 N–H and O–H groups in total. The minimum Gasteiger partial charge on any atom is -0.370 e. The number of hydrogen-bond donors (Lipinski definition) is 0. The van der Waals surface area contributed by atoms with Gasteiger partial charge >= 0.3 is 0 Å². The molecule has 0 spiro atoms. The van der Waals surface area contributed by atoms with Gasteiger partial charge in [-0.05, 0) is 37.1 Å². The summed E-state index contributed by atoms with van der Waals surface area (Å²) in [5.41, 5.74) is 1.47. The maximum absolute atomic E-state index is 12.2. The van der Waals surface area contributed by atoms with E-state index in [2.05, 4.69) is 32.0 Å². The number of likely N-dealkylation sites (N-methyl/N-ethyl adjacent to an activating group) is 1. The second kappa shape index (κ2) is 7.46. The van der Waals surface area contributed by atoms with Crippen LogP contribution in [0.25, 0.3) is 0 Å². The monoisotopic (exact) mass is 340 g/mol. The number of amides is 1. The standard InChI is InChI=1S/C18H24N6O/c1-22(2)18(25)16-12-14(8-10-19-16)23(3)15-6-5-11-24(13-15)17-7-4-9-20-21-17/h4,7-10,12,15H,5-6,11,13H2,1-3H3. The lowest BCUT2D eigenvalue weighted by atomic mass is 10.0. The molecule has 3 heterocycles. The van der Waals surface area contributed by atoms with E-state index in [1.165, 1.54) is 0 Å². The third kappa shape index (κ3) is 3.87. The van der Waals surface area contributed by atoms with Crippen LogP contribution in [0.2, 0.25) is 0 Å². The van der Waals surface area contributed by atoms with E-state index in [1.54, 1.807) is 31.4 Å². The Labute approximate surface area is 148 Å². The molecule has 1 atom stereocenters. The Morgan fingerprint density at radius 3 is 2.80 bits per heavy atom. The number of carbonyl (C=O) groups excluding carboxylic acids is 1. The highest BCUT2D eigenvalue weighted by molar-refractivity contribution is 5.92. The largest absolute Gasteiger partial charge is 0.370 e. The van der Waals surface area contributed by atoms with Crippen molar-refractivity contribution in [3.63, 3.8) is 0 Å². The topological polar surface area (TPSA) is 65.5 Å². The van der Waals surface area contributed by atoms with Crippen LogP contribution in [0.15, 0.2) is 36.7 Å². The lowest BCUT2D eigenvalue weighted by molar-refractivity contribution is 0.0822. The first-order valence-electron chi connectivity index (χ1n) is 8.49. The van der Waals surface area contributed by atoms with Crippen LogP contribution in [0.3, 0.4) is 0 Å². The average Bonchev–Trinajstić information content (AvgIpc) is 2.67. The Morgan fingerprint density at radius 1 is 1.24 bits per heavy atom. The Balaban J connectivity index is 1.75. The number of piperidine rings is 1. The number of carbonyl (C=O) groups is 1. The fourth-order valence-corrected chi connectivity index (χ4v) is 3.14. The first kappa shape index (κ1) is 17.1. The van der Waals surface area contributed by atoms with Crippen LogP contribution < -0.4 is 9.80 Å². The smallest absolute Gasteiger partial charge is 0.272 e. The van der Waals surface area contributed by atoms with E-state index in [4.69, 9.17) is 0 Å². The Hall–Kier alpha value is -2.70. The van der Waals surface area contributed by atoms with Crippen molar-refractivity contribution in [1.29, 1.82) is 0 Å². The highest BCUT2D eigenvalue weighted by atomic mass is 16.2. The van der Waals surface area contributed by atoms with Crippen LogP contribution >= 0.6 is 0 Å². The van der Waals surface area contributed by atoms with E-state index in [0.29, 0.717) is 11.7 Å². The summed E-state index contributed by atoms with van der Waals surface area (Å²) in [6.07, 6.45) is 5.59. The summed E-state index contributed by atoms with van der Waals surface area (Å²) in [4.78, 5) is 22.4. The summed E-state index contributed by atoms with van der Waals surface area (Å²) in [7, 11) is 5.55. The van der Waals surface area contributed by atoms with Crippen molar-refractivity contribution in [3.8, 4) is 0 Å². The second-order valence-electron chi connectivity index (χ2n) is 6.53. The quantitative estimate of drug-likeness (QED) is 0.844. The van der Waals surface area contributed by atoms with Crippen LogP contribution in [0.4, 0.5) is 11.5 Å². The molecule has 7 heteroatoms. The normalized spacial score (nSPS) is 17.2. The van der Waals surface area contributed by atoms with Gasteiger partial charge in [0.2, 0.25) is 0 Å². The van der Waals surface area contributed by atoms with Crippen molar-refractivity contribution in [3.05, 3.63) is 42.4 Å². The fraction of sp³-hybridized carbons (Fsp3) is 0.444. The molecule has 3 rings (SSSR count). The number of rotatable bonds is 4. The molecule has 1 aliphatic rings. The summed E-state index contributed by atoms with van der Waals surface area (Å²) < 4.78 is 0. The molecule has 2 aromatic rings. The van der Waals surface area contributed by atoms with E-state index in [0.717, 1.165) is 37.4 Å². The van der Waals surface area contributed by atoms with Crippen molar-refractivity contribution in [2.45, 2.75) is 18.9 Å². The summed E-state index contributed by atoms with van der Waals surface area (Å²) in [6.45, 7) is 1.87. The maximum Gasteiger partial charge on any atom is 0.272 e. The summed E-state index contributed by atoms with van der Waals surface area (Å²) in [5.74, 6) is 0.832. The van der Waals surface area contributed by atoms with Gasteiger partial charge in [-0.15, -0.1) is 5.10 Å². The number of nitrogens with zero attached hydrogens (tertiary/aromatic N) is 6. The predicted molar refractivity (Wildman–Crippen MR) is 97.9 cm³/mol. The Kier molecular flexibility index (Phi) is 5.11. The molecular weight excluding hydrogens is 316 g/mol. The van der Waals surface area contributed by atoms with Gasteiger partial charge in [0.15, 0.2) is 5.82 Å². The van der Waals surface area contributed by atoms with Gasteiger partial charge in [-0.2, -0.15) is 5.10 Å². The molecule has 132 valence electrons. The minimum absolute atomic E-state index is 0.0833. The molecule has 1 aliphatic heterocycles. The zero-order chi connectivity index (χ0) is 17.8. The van der Waals surface area contributed by atoms with Crippen molar-refractivity contribution in [2.24, 2.45) is 0 Å². The average molecular weight is 340 g/mol. The van der Waals surface area contributed by atoms with E-state index in [9.17, 15) is 4.79 Å². The lowest BCUT2D eigenvalue weighted by Crippen LogP contribution is -2.47. The third-order valence-electron chi connectivity index (χ3n) is 4.60. The molecule has 0 saturated carbocycles. The molecule has 0 aliphatic carbocycles. The minimum atomic E-state index is -0.0833. The zero-order valence-corrected chi connectivity index (χ0v) is 15.0. The van der Waals surface area contributed by atoms with Crippen molar-refractivity contribution < 1.29 is 4.79 Å². The van der Waals surface area contributed by atoms with E-state index in [-0.39, 0.29) is 5.91 Å². The lowest BCUT2D eigenvalue weighted by Gasteiger charge is -2.39. The highest BCUT2D eigenvalue weighted by Gasteiger charge is 2.25. The molecule has 1 fully saturated rings. The number of pyridine rings is 1. The molecule has 7 nitrogen and oxygen atoms in total. The van der Waals surface area contributed by atoms with Crippen molar-refractivity contribution in [2.75, 3.05) is 44.0 Å². The Morgan fingerprint density at radius 2 is 2.08 bits per heavy atom. The summed E-state index contributed by atoms with van der Waals surface area (Å²) in [6, 6.07) is 8.07. The van der Waals surface area contributed by atoms with Crippen LogP contribution in [0.1, 0.15) is 23.3 Å². The molecule has 0 radical (unpaired) electrons. The van der Waals surface area contributed by atoms with Crippen LogP contribution in [0.5, 0.6) is 0 Å². The Bertz CT molecular complexity index is 721. The van der Waals surface area contributed by atoms with Crippen molar-refractivity contribution in [1.82, 2.24) is 20.1 Å². The van der Waals surface area contributed by atoms with Gasteiger partial charge in [0.25, 0.3) is 5.91 Å². The maximum atomic E-state index is 12.2. The second-order valence-corrected chi connectivity index (χ2v) is 6.53. The molecular formula is C18H24N6O. The number of aromatic nitrogens is 3. The summed E-state index contributed by atoms with van der Waals surface area (Å²) in [5, 5.41) is 8.20. The summed E-state index contributed by atoms with van der Waals surface area (Å²) >= 11 is 0. The van der Waals surface area contributed by atoms with E-state index >= 15 is 0 Å². The van der Waals surface area contributed by atoms with Crippen molar-refractivity contribution >= 4 is 17.4 Å². The molecule has 1 saturated heterocycles. The first-order chi connectivity index (χ1) is 12.1. The van der Waals surface area contributed by atoms with E-state index < -0.39 is 0 Å². The van der Waals surface area contributed by atoms with E-state index in [1.807, 2.05) is 24.3 Å². The SMILES string of the molecule is CN(C)C(=O)c1cc(N(C)C2CCCN(c3cccnn3)C2)ccn1. The zero-order valence-electron chi connectivity index (χ0n) is 15.0. The highest BCUT2D eigenvalue weighted by Crippen LogP contribution is 2.24. The predicted octanol–water partition coefficient (Wildman–Crippen LogP) is 1.68. The van der Waals surface area contributed by atoms with Gasteiger partial charge in [-0.25, -0.2) is 0 Å². The van der Waals surface area contributed by atoms with Gasteiger partial charge in [0.1, 0.15) is 5.69 Å². The van der Waals surface area contributed by atoms with Gasteiger partial charge < -0.3 is 14.7 Å². The third-order valence-corrected chi connectivity index (χ3v) is 4.60. The van der Waals surface area contributed by atoms with Crippen LogP contribution in [-0.4, -0.2) is 66.3 Å². The van der Waals surface area contributed by atoms with Gasteiger partial charge in [-0.3, -0.25) is 9.78 Å². The molecule has 25 heavy (non-hydrogen) atoms. The number of hydrogen-bond acceptors (Lipinski definition) is 6.